The minimum Gasteiger partial charge on any atom is -0.483 e. The number of aromatic nitrogens is 2. The average Bonchev–Trinajstić information content (AvgIpc) is 3.23. The molecule has 0 bridgehead atoms. The second-order valence-electron chi connectivity index (χ2n) is 6.14. The van der Waals surface area contributed by atoms with Gasteiger partial charge in [0.1, 0.15) is 5.75 Å². The number of hydrogen-bond acceptors (Lipinski definition) is 5. The zero-order valence-electron chi connectivity index (χ0n) is 13.3. The summed E-state index contributed by atoms with van der Waals surface area (Å²) in [6.45, 7) is 0.247. The fourth-order valence-corrected chi connectivity index (χ4v) is 3.21. The normalized spacial score (nSPS) is 16.0. The van der Waals surface area contributed by atoms with Gasteiger partial charge in [0.05, 0.1) is 5.54 Å². The second-order valence-corrected chi connectivity index (χ2v) is 6.14. The summed E-state index contributed by atoms with van der Waals surface area (Å²) in [6.07, 6.45) is 4.06. The van der Waals surface area contributed by atoms with Crippen molar-refractivity contribution in [2.45, 2.75) is 37.8 Å². The van der Waals surface area contributed by atoms with Crippen molar-refractivity contribution < 1.29 is 9.26 Å². The van der Waals surface area contributed by atoms with E-state index in [2.05, 4.69) is 22.3 Å². The molecule has 1 saturated carbocycles. The Bertz CT molecular complexity index is 823. The maximum Gasteiger partial charge on any atom is 0.264 e. The standard InChI is InChI=1S/C18H19N3O2.ClH/c19-18(10-3-4-11-18)17-20-16(23-21-17)12-22-15-9-5-7-13-6-1-2-8-14(13)15;/h1-2,5-9H,3-4,10-12,19H2;1H. The molecule has 0 atom stereocenters. The van der Waals surface area contributed by atoms with Gasteiger partial charge in [-0.2, -0.15) is 4.98 Å². The summed E-state index contributed by atoms with van der Waals surface area (Å²) in [5, 5.41) is 6.27. The highest BCUT2D eigenvalue weighted by Crippen LogP contribution is 2.34. The Kier molecular flexibility index (Phi) is 4.73. The Balaban J connectivity index is 0.00000169. The van der Waals surface area contributed by atoms with Gasteiger partial charge >= 0.3 is 0 Å². The highest BCUT2D eigenvalue weighted by Gasteiger charge is 2.35. The van der Waals surface area contributed by atoms with Crippen LogP contribution >= 0.6 is 12.4 Å². The molecular weight excluding hydrogens is 326 g/mol. The Morgan fingerprint density at radius 1 is 1.08 bits per heavy atom. The van der Waals surface area contributed by atoms with Crippen molar-refractivity contribution in [3.05, 3.63) is 54.2 Å². The summed E-state index contributed by atoms with van der Waals surface area (Å²) in [4.78, 5) is 4.43. The highest BCUT2D eigenvalue weighted by atomic mass is 35.5. The van der Waals surface area contributed by atoms with Gasteiger partial charge in [0, 0.05) is 5.39 Å². The fraction of sp³-hybridized carbons (Fsp3) is 0.333. The third kappa shape index (κ3) is 3.09. The lowest BCUT2D eigenvalue weighted by molar-refractivity contribution is 0.243. The van der Waals surface area contributed by atoms with E-state index >= 15 is 0 Å². The van der Waals surface area contributed by atoms with Crippen molar-refractivity contribution in [1.82, 2.24) is 10.1 Å². The van der Waals surface area contributed by atoms with Gasteiger partial charge in [-0.3, -0.25) is 0 Å². The summed E-state index contributed by atoms with van der Waals surface area (Å²) in [6, 6.07) is 14.1. The van der Waals surface area contributed by atoms with Gasteiger partial charge in [0.2, 0.25) is 0 Å². The van der Waals surface area contributed by atoms with E-state index in [-0.39, 0.29) is 19.0 Å². The van der Waals surface area contributed by atoms with E-state index in [1.807, 2.05) is 30.3 Å². The maximum atomic E-state index is 6.35. The Morgan fingerprint density at radius 3 is 2.67 bits per heavy atom. The van der Waals surface area contributed by atoms with E-state index in [9.17, 15) is 0 Å². The molecule has 1 aliphatic rings. The first-order chi connectivity index (χ1) is 11.2. The van der Waals surface area contributed by atoms with E-state index in [1.54, 1.807) is 0 Å². The molecule has 4 rings (SSSR count). The summed E-state index contributed by atoms with van der Waals surface area (Å²) in [5.41, 5.74) is 5.92. The van der Waals surface area contributed by atoms with Gasteiger partial charge in [-0.1, -0.05) is 54.4 Å². The Morgan fingerprint density at radius 2 is 1.83 bits per heavy atom. The summed E-state index contributed by atoms with van der Waals surface area (Å²) < 4.78 is 11.2. The number of rotatable bonds is 4. The van der Waals surface area contributed by atoms with Crippen LogP contribution in [0.5, 0.6) is 5.75 Å². The molecule has 1 heterocycles. The molecule has 1 fully saturated rings. The van der Waals surface area contributed by atoms with E-state index in [0.29, 0.717) is 11.7 Å². The zero-order chi connectivity index (χ0) is 15.7. The SMILES string of the molecule is Cl.NC1(c2noc(COc3cccc4ccccc34)n2)CCCC1. The zero-order valence-corrected chi connectivity index (χ0v) is 14.1. The van der Waals surface area contributed by atoms with Gasteiger partial charge in [-0.15, -0.1) is 12.4 Å². The largest absolute Gasteiger partial charge is 0.483 e. The molecule has 0 saturated heterocycles. The van der Waals surface area contributed by atoms with Gasteiger partial charge < -0.3 is 15.0 Å². The van der Waals surface area contributed by atoms with Crippen LogP contribution in [0.2, 0.25) is 0 Å². The lowest BCUT2D eigenvalue weighted by Crippen LogP contribution is -2.34. The molecule has 24 heavy (non-hydrogen) atoms. The summed E-state index contributed by atoms with van der Waals surface area (Å²) in [5.74, 6) is 1.88. The quantitative estimate of drug-likeness (QED) is 0.774. The maximum absolute atomic E-state index is 6.35. The third-order valence-electron chi connectivity index (χ3n) is 4.51. The van der Waals surface area contributed by atoms with Crippen molar-refractivity contribution in [2.75, 3.05) is 0 Å². The van der Waals surface area contributed by atoms with Crippen LogP contribution in [0.15, 0.2) is 47.0 Å². The third-order valence-corrected chi connectivity index (χ3v) is 4.51. The number of benzene rings is 2. The second kappa shape index (κ2) is 6.79. The molecule has 2 N–H and O–H groups in total. The molecule has 1 aliphatic carbocycles. The number of nitrogens with two attached hydrogens (primary N) is 1. The number of ether oxygens (including phenoxy) is 1. The van der Waals surface area contributed by atoms with Crippen molar-refractivity contribution in [3.63, 3.8) is 0 Å². The summed E-state index contributed by atoms with van der Waals surface area (Å²) in [7, 11) is 0. The molecule has 5 nitrogen and oxygen atoms in total. The molecule has 0 unspecified atom stereocenters. The van der Waals surface area contributed by atoms with Gasteiger partial charge in [-0.05, 0) is 24.3 Å². The first-order valence-corrected chi connectivity index (χ1v) is 7.97. The van der Waals surface area contributed by atoms with E-state index in [0.717, 1.165) is 42.2 Å². The van der Waals surface area contributed by atoms with Crippen LogP contribution < -0.4 is 10.5 Å². The first-order valence-electron chi connectivity index (χ1n) is 7.97. The van der Waals surface area contributed by atoms with E-state index < -0.39 is 5.54 Å². The predicted molar refractivity (Wildman–Crippen MR) is 94.2 cm³/mol. The van der Waals surface area contributed by atoms with Gasteiger partial charge in [0.15, 0.2) is 12.4 Å². The van der Waals surface area contributed by atoms with Crippen LogP contribution in [-0.2, 0) is 12.1 Å². The molecule has 0 amide bonds. The lowest BCUT2D eigenvalue weighted by Gasteiger charge is -2.17. The van der Waals surface area contributed by atoms with Crippen LogP contribution in [-0.4, -0.2) is 10.1 Å². The monoisotopic (exact) mass is 345 g/mol. The minimum atomic E-state index is -0.429. The van der Waals surface area contributed by atoms with Crippen molar-refractivity contribution in [2.24, 2.45) is 5.73 Å². The highest BCUT2D eigenvalue weighted by molar-refractivity contribution is 5.88. The number of nitrogens with zero attached hydrogens (tertiary/aromatic N) is 2. The fourth-order valence-electron chi connectivity index (χ4n) is 3.21. The van der Waals surface area contributed by atoms with Crippen LogP contribution in [0.1, 0.15) is 37.4 Å². The molecule has 126 valence electrons. The number of halogens is 1. The van der Waals surface area contributed by atoms with Crippen molar-refractivity contribution >= 4 is 23.2 Å². The number of fused-ring (bicyclic) bond motifs is 1. The molecular formula is C18H20ClN3O2. The molecule has 0 aliphatic heterocycles. The summed E-state index contributed by atoms with van der Waals surface area (Å²) >= 11 is 0. The van der Waals surface area contributed by atoms with Crippen LogP contribution in [0.4, 0.5) is 0 Å². The van der Waals surface area contributed by atoms with Crippen LogP contribution in [0, 0.1) is 0 Å². The topological polar surface area (TPSA) is 74.2 Å². The van der Waals surface area contributed by atoms with E-state index in [1.165, 1.54) is 0 Å². The Labute approximate surface area is 146 Å². The molecule has 2 aromatic carbocycles. The average molecular weight is 346 g/mol. The van der Waals surface area contributed by atoms with Gasteiger partial charge in [-0.25, -0.2) is 0 Å². The van der Waals surface area contributed by atoms with Crippen molar-refractivity contribution in [3.8, 4) is 5.75 Å². The van der Waals surface area contributed by atoms with Crippen LogP contribution in [0.25, 0.3) is 10.8 Å². The predicted octanol–water partition coefficient (Wildman–Crippen LogP) is 3.95. The van der Waals surface area contributed by atoms with Gasteiger partial charge in [0.25, 0.3) is 5.89 Å². The Hall–Kier alpha value is -2.11. The van der Waals surface area contributed by atoms with E-state index in [4.69, 9.17) is 15.0 Å². The number of hydrogen-bond donors (Lipinski definition) is 1. The molecule has 1 aromatic heterocycles. The molecule has 0 spiro atoms. The molecule has 0 radical (unpaired) electrons. The minimum absolute atomic E-state index is 0. The smallest absolute Gasteiger partial charge is 0.264 e. The lowest BCUT2D eigenvalue weighted by atomic mass is 9.99. The first kappa shape index (κ1) is 16.7. The van der Waals surface area contributed by atoms with Crippen LogP contribution in [0.3, 0.4) is 0 Å². The van der Waals surface area contributed by atoms with Crippen molar-refractivity contribution in [1.29, 1.82) is 0 Å². The molecule has 3 aromatic rings. The molecule has 6 heteroatoms.